The van der Waals surface area contributed by atoms with Crippen molar-refractivity contribution in [2.45, 2.75) is 5.16 Å². The Bertz CT molecular complexity index is 307. The minimum atomic E-state index is -1.18. The van der Waals surface area contributed by atoms with Gasteiger partial charge in [-0.3, -0.25) is 4.21 Å². The van der Waals surface area contributed by atoms with Gasteiger partial charge in [0.15, 0.2) is 0 Å². The van der Waals surface area contributed by atoms with Crippen LogP contribution in [0.2, 0.25) is 5.15 Å². The van der Waals surface area contributed by atoms with E-state index in [0.717, 1.165) is 0 Å². The molecule has 1 aromatic rings. The van der Waals surface area contributed by atoms with Crippen LogP contribution >= 0.6 is 27.5 Å². The molecule has 0 bridgehead atoms. The van der Waals surface area contributed by atoms with E-state index in [0.29, 0.717) is 4.47 Å². The molecule has 1 heterocycles. The van der Waals surface area contributed by atoms with E-state index in [9.17, 15) is 4.21 Å². The first-order valence-corrected chi connectivity index (χ1v) is 5.35. The predicted octanol–water partition coefficient (Wildman–Crippen LogP) is 1.63. The predicted molar refractivity (Wildman–Crippen MR) is 47.1 cm³/mol. The summed E-state index contributed by atoms with van der Waals surface area (Å²) in [7, 11) is -1.18. The first-order valence-electron chi connectivity index (χ1n) is 2.62. The molecule has 3 nitrogen and oxygen atoms in total. The zero-order chi connectivity index (χ0) is 8.43. The first-order chi connectivity index (χ1) is 5.11. The van der Waals surface area contributed by atoms with Crippen molar-refractivity contribution in [3.8, 4) is 0 Å². The third kappa shape index (κ3) is 2.21. The van der Waals surface area contributed by atoms with Crippen LogP contribution in [0.3, 0.4) is 0 Å². The van der Waals surface area contributed by atoms with Gasteiger partial charge in [-0.05, 0) is 15.9 Å². The molecule has 0 aliphatic carbocycles. The van der Waals surface area contributed by atoms with Crippen molar-refractivity contribution in [2.24, 2.45) is 0 Å². The molecule has 0 N–H and O–H groups in total. The van der Waals surface area contributed by atoms with Crippen molar-refractivity contribution in [3.05, 3.63) is 15.8 Å². The van der Waals surface area contributed by atoms with E-state index in [1.54, 1.807) is 0 Å². The molecule has 1 rings (SSSR count). The Labute approximate surface area is 79.8 Å². The molecule has 0 radical (unpaired) electrons. The van der Waals surface area contributed by atoms with Crippen molar-refractivity contribution in [2.75, 3.05) is 6.26 Å². The van der Waals surface area contributed by atoms with Gasteiger partial charge in [0, 0.05) is 12.5 Å². The van der Waals surface area contributed by atoms with Gasteiger partial charge in [-0.2, -0.15) is 0 Å². The Morgan fingerprint density at radius 1 is 1.73 bits per heavy atom. The highest BCUT2D eigenvalue weighted by Crippen LogP contribution is 2.18. The first kappa shape index (κ1) is 9.09. The van der Waals surface area contributed by atoms with Crippen molar-refractivity contribution in [3.63, 3.8) is 0 Å². The van der Waals surface area contributed by atoms with E-state index in [4.69, 9.17) is 11.6 Å². The van der Waals surface area contributed by atoms with Crippen LogP contribution in [0.25, 0.3) is 0 Å². The highest BCUT2D eigenvalue weighted by atomic mass is 79.9. The van der Waals surface area contributed by atoms with Crippen LogP contribution in [0, 0.1) is 0 Å². The van der Waals surface area contributed by atoms with Gasteiger partial charge in [-0.25, -0.2) is 9.97 Å². The molecule has 1 atom stereocenters. The van der Waals surface area contributed by atoms with Gasteiger partial charge in [0.2, 0.25) is 5.16 Å². The topological polar surface area (TPSA) is 42.9 Å². The summed E-state index contributed by atoms with van der Waals surface area (Å²) in [6.45, 7) is 0. The third-order valence-electron chi connectivity index (χ3n) is 0.936. The van der Waals surface area contributed by atoms with Crippen LogP contribution in [0.4, 0.5) is 0 Å². The molecule has 0 saturated carbocycles. The maximum atomic E-state index is 10.8. The number of nitrogens with zero attached hydrogens (tertiary/aromatic N) is 2. The van der Waals surface area contributed by atoms with Gasteiger partial charge in [-0.1, -0.05) is 11.6 Å². The van der Waals surface area contributed by atoms with Crippen LogP contribution in [-0.2, 0) is 10.8 Å². The van der Waals surface area contributed by atoms with Crippen molar-refractivity contribution in [1.29, 1.82) is 0 Å². The normalized spacial score (nSPS) is 13.0. The molecule has 60 valence electrons. The fourth-order valence-electron chi connectivity index (χ4n) is 0.470. The van der Waals surface area contributed by atoms with Gasteiger partial charge in [-0.15, -0.1) is 0 Å². The van der Waals surface area contributed by atoms with Crippen LogP contribution in [-0.4, -0.2) is 20.4 Å². The van der Waals surface area contributed by atoms with Gasteiger partial charge < -0.3 is 0 Å². The van der Waals surface area contributed by atoms with E-state index < -0.39 is 10.8 Å². The van der Waals surface area contributed by atoms with Crippen molar-refractivity contribution in [1.82, 2.24) is 9.97 Å². The average molecular weight is 256 g/mol. The highest BCUT2D eigenvalue weighted by Gasteiger charge is 2.04. The van der Waals surface area contributed by atoms with Crippen LogP contribution < -0.4 is 0 Å². The second kappa shape index (κ2) is 3.60. The molecule has 0 aliphatic heterocycles. The lowest BCUT2D eigenvalue weighted by atomic mass is 10.7. The zero-order valence-corrected chi connectivity index (χ0v) is 8.70. The Morgan fingerprint density at radius 2 is 2.36 bits per heavy atom. The molecule has 0 saturated heterocycles. The summed E-state index contributed by atoms with van der Waals surface area (Å²) in [5.41, 5.74) is 0. The SMILES string of the molecule is C[S@@](=O)c1ncc(Br)c(Cl)n1. The number of hydrogen-bond acceptors (Lipinski definition) is 3. The fraction of sp³-hybridized carbons (Fsp3) is 0.200. The van der Waals surface area contributed by atoms with Crippen LogP contribution in [0.1, 0.15) is 0 Å². The number of hydrogen-bond donors (Lipinski definition) is 0. The molecule has 0 fully saturated rings. The van der Waals surface area contributed by atoms with E-state index in [2.05, 4.69) is 25.9 Å². The molecule has 6 heteroatoms. The highest BCUT2D eigenvalue weighted by molar-refractivity contribution is 9.10. The van der Waals surface area contributed by atoms with E-state index in [1.807, 2.05) is 0 Å². The van der Waals surface area contributed by atoms with E-state index in [-0.39, 0.29) is 10.3 Å². The van der Waals surface area contributed by atoms with Gasteiger partial charge in [0.05, 0.1) is 15.3 Å². The maximum Gasteiger partial charge on any atom is 0.219 e. The lowest BCUT2D eigenvalue weighted by molar-refractivity contribution is 0.679. The van der Waals surface area contributed by atoms with Crippen LogP contribution in [0.15, 0.2) is 15.8 Å². The summed E-state index contributed by atoms with van der Waals surface area (Å²) in [4.78, 5) is 7.58. The molecule has 0 aliphatic rings. The molecular weight excluding hydrogens is 251 g/mol. The fourth-order valence-corrected chi connectivity index (χ4v) is 1.26. The summed E-state index contributed by atoms with van der Waals surface area (Å²) in [5, 5.41) is 0.531. The Morgan fingerprint density at radius 3 is 2.82 bits per heavy atom. The van der Waals surface area contributed by atoms with Crippen LogP contribution in [0.5, 0.6) is 0 Å². The summed E-state index contributed by atoms with van der Waals surface area (Å²) in [5.74, 6) is 0. The van der Waals surface area contributed by atoms with Gasteiger partial charge in [0.25, 0.3) is 0 Å². The average Bonchev–Trinajstić information content (AvgIpc) is 1.94. The lowest BCUT2D eigenvalue weighted by Crippen LogP contribution is -1.96. The summed E-state index contributed by atoms with van der Waals surface area (Å²) >= 11 is 8.75. The van der Waals surface area contributed by atoms with Crippen molar-refractivity contribution >= 4 is 38.3 Å². The minimum absolute atomic E-state index is 0.248. The molecule has 0 aromatic carbocycles. The maximum absolute atomic E-state index is 10.8. The largest absolute Gasteiger partial charge is 0.251 e. The molecular formula is C5H4BrClN2OS. The molecule has 0 spiro atoms. The second-order valence-electron chi connectivity index (χ2n) is 1.75. The molecule has 11 heavy (non-hydrogen) atoms. The smallest absolute Gasteiger partial charge is 0.219 e. The zero-order valence-electron chi connectivity index (χ0n) is 5.54. The summed E-state index contributed by atoms with van der Waals surface area (Å²) in [6, 6.07) is 0. The summed E-state index contributed by atoms with van der Waals surface area (Å²) < 4.78 is 11.4. The quantitative estimate of drug-likeness (QED) is 0.566. The third-order valence-corrected chi connectivity index (χ3v) is 2.74. The minimum Gasteiger partial charge on any atom is -0.251 e. The second-order valence-corrected chi connectivity index (χ2v) is 4.23. The Hall–Kier alpha value is -0.000000000000000111. The lowest BCUT2D eigenvalue weighted by Gasteiger charge is -1.95. The molecule has 0 amide bonds. The molecule has 0 unspecified atom stereocenters. The number of aromatic nitrogens is 2. The van der Waals surface area contributed by atoms with E-state index in [1.165, 1.54) is 12.5 Å². The molecule has 1 aromatic heterocycles. The van der Waals surface area contributed by atoms with Gasteiger partial charge in [0.1, 0.15) is 5.15 Å². The van der Waals surface area contributed by atoms with E-state index >= 15 is 0 Å². The standard InChI is InChI=1S/C5H4BrClN2OS/c1-11(10)5-8-2-3(6)4(7)9-5/h2H,1H3/t11-/m1/s1. The Balaban J connectivity index is 3.15. The Kier molecular flexibility index (Phi) is 2.98. The monoisotopic (exact) mass is 254 g/mol. The summed E-state index contributed by atoms with van der Waals surface area (Å²) in [6.07, 6.45) is 2.98. The van der Waals surface area contributed by atoms with Gasteiger partial charge >= 0.3 is 0 Å². The number of rotatable bonds is 1. The number of halogens is 2. The van der Waals surface area contributed by atoms with Crippen molar-refractivity contribution < 1.29 is 4.21 Å².